The number of aromatic carboxylic acids is 1. The summed E-state index contributed by atoms with van der Waals surface area (Å²) < 4.78 is 10.7. The van der Waals surface area contributed by atoms with E-state index in [1.165, 1.54) is 36.4 Å². The highest BCUT2D eigenvalue weighted by molar-refractivity contribution is 6.32. The van der Waals surface area contributed by atoms with Gasteiger partial charge in [0.1, 0.15) is 6.61 Å². The lowest BCUT2D eigenvalue weighted by molar-refractivity contribution is -0.114. The van der Waals surface area contributed by atoms with Crippen LogP contribution in [0.25, 0.3) is 6.08 Å². The van der Waals surface area contributed by atoms with E-state index in [4.69, 9.17) is 19.7 Å². The molecule has 0 spiro atoms. The molecule has 2 aromatic carbocycles. The first kappa shape index (κ1) is 20.1. The van der Waals surface area contributed by atoms with Gasteiger partial charge in [-0.2, -0.15) is 10.1 Å². The second-order valence-corrected chi connectivity index (χ2v) is 6.19. The van der Waals surface area contributed by atoms with E-state index in [1.807, 2.05) is 0 Å². The summed E-state index contributed by atoms with van der Waals surface area (Å²) in [6.45, 7) is 1.77. The smallest absolute Gasteiger partial charge is 0.335 e. The summed E-state index contributed by atoms with van der Waals surface area (Å²) in [5.41, 5.74) is 2.29. The van der Waals surface area contributed by atoms with Gasteiger partial charge in [0.2, 0.25) is 0 Å². The van der Waals surface area contributed by atoms with E-state index >= 15 is 0 Å². The zero-order valence-corrected chi connectivity index (χ0v) is 16.0. The lowest BCUT2D eigenvalue weighted by Gasteiger charge is -2.12. The van der Waals surface area contributed by atoms with Gasteiger partial charge in [0.25, 0.3) is 5.91 Å². The standard InChI is InChI=1S/C21H20N2O6/c1-13-17(11-14-3-8-18(29-10-9-24)19(12-14)28-2)20(25)23(22-13)16-6-4-15(5-7-16)21(26)27/h3-8,11-12,24H,9-10H2,1-2H3,(H,26,27). The Hall–Kier alpha value is -3.65. The molecule has 0 aromatic heterocycles. The lowest BCUT2D eigenvalue weighted by Crippen LogP contribution is -2.21. The minimum atomic E-state index is -1.04. The number of aliphatic hydroxyl groups is 1. The van der Waals surface area contributed by atoms with Gasteiger partial charge in [0, 0.05) is 0 Å². The van der Waals surface area contributed by atoms with Crippen molar-refractivity contribution in [3.63, 3.8) is 0 Å². The summed E-state index contributed by atoms with van der Waals surface area (Å²) in [6.07, 6.45) is 1.70. The van der Waals surface area contributed by atoms with Crippen molar-refractivity contribution >= 4 is 29.4 Å². The van der Waals surface area contributed by atoms with Gasteiger partial charge in [0.05, 0.1) is 36.3 Å². The number of rotatable bonds is 7. The fourth-order valence-corrected chi connectivity index (χ4v) is 2.82. The number of anilines is 1. The third kappa shape index (κ3) is 4.27. The predicted octanol–water partition coefficient (Wildman–Crippen LogP) is 2.57. The molecule has 0 bridgehead atoms. The molecule has 150 valence electrons. The molecule has 0 unspecified atom stereocenters. The number of hydrogen-bond donors (Lipinski definition) is 2. The van der Waals surface area contributed by atoms with Gasteiger partial charge in [-0.3, -0.25) is 4.79 Å². The second kappa shape index (κ2) is 8.57. The van der Waals surface area contributed by atoms with Gasteiger partial charge in [0.15, 0.2) is 11.5 Å². The van der Waals surface area contributed by atoms with Gasteiger partial charge in [-0.1, -0.05) is 6.07 Å². The maximum atomic E-state index is 12.8. The SMILES string of the molecule is COc1cc(C=C2C(=O)N(c3ccc(C(=O)O)cc3)N=C2C)ccc1OCCO. The van der Waals surface area contributed by atoms with Crippen molar-refractivity contribution in [2.24, 2.45) is 5.10 Å². The van der Waals surface area contributed by atoms with Gasteiger partial charge in [-0.05, 0) is 55.0 Å². The topological polar surface area (TPSA) is 109 Å². The van der Waals surface area contributed by atoms with E-state index in [2.05, 4.69) is 5.10 Å². The molecule has 0 saturated heterocycles. The summed E-state index contributed by atoms with van der Waals surface area (Å²) in [4.78, 5) is 23.8. The Morgan fingerprint density at radius 2 is 1.90 bits per heavy atom. The quantitative estimate of drug-likeness (QED) is 0.697. The first-order valence-corrected chi connectivity index (χ1v) is 8.81. The number of carbonyl (C=O) groups is 2. The summed E-state index contributed by atoms with van der Waals surface area (Å²) in [5, 5.41) is 23.4. The fourth-order valence-electron chi connectivity index (χ4n) is 2.82. The van der Waals surface area contributed by atoms with Crippen LogP contribution in [0.15, 0.2) is 53.1 Å². The van der Waals surface area contributed by atoms with Crippen molar-refractivity contribution in [1.82, 2.24) is 0 Å². The van der Waals surface area contributed by atoms with Crippen molar-refractivity contribution in [1.29, 1.82) is 0 Å². The van der Waals surface area contributed by atoms with Crippen LogP contribution in [0.5, 0.6) is 11.5 Å². The number of ether oxygens (including phenoxy) is 2. The van der Waals surface area contributed by atoms with E-state index in [1.54, 1.807) is 31.2 Å². The summed E-state index contributed by atoms with van der Waals surface area (Å²) in [6, 6.07) is 11.1. The highest BCUT2D eigenvalue weighted by Gasteiger charge is 2.28. The zero-order valence-electron chi connectivity index (χ0n) is 16.0. The van der Waals surface area contributed by atoms with E-state index in [-0.39, 0.29) is 24.7 Å². The predicted molar refractivity (Wildman–Crippen MR) is 108 cm³/mol. The molecule has 0 saturated carbocycles. The second-order valence-electron chi connectivity index (χ2n) is 6.19. The molecule has 1 aliphatic rings. The molecule has 0 atom stereocenters. The molecular formula is C21H20N2O6. The normalized spacial score (nSPS) is 14.9. The van der Waals surface area contributed by atoms with Crippen LogP contribution in [-0.2, 0) is 4.79 Å². The Kier molecular flexibility index (Phi) is 5.94. The molecule has 29 heavy (non-hydrogen) atoms. The molecule has 1 amide bonds. The van der Waals surface area contributed by atoms with Crippen LogP contribution >= 0.6 is 0 Å². The van der Waals surface area contributed by atoms with Crippen molar-refractivity contribution in [3.8, 4) is 11.5 Å². The Morgan fingerprint density at radius 3 is 2.52 bits per heavy atom. The van der Waals surface area contributed by atoms with Crippen LogP contribution in [0.3, 0.4) is 0 Å². The Morgan fingerprint density at radius 1 is 1.17 bits per heavy atom. The third-order valence-corrected chi connectivity index (χ3v) is 4.27. The number of aliphatic hydroxyl groups excluding tert-OH is 1. The highest BCUT2D eigenvalue weighted by Crippen LogP contribution is 2.30. The average Bonchev–Trinajstić information content (AvgIpc) is 3.01. The lowest BCUT2D eigenvalue weighted by atomic mass is 10.1. The van der Waals surface area contributed by atoms with Gasteiger partial charge >= 0.3 is 5.97 Å². The number of hydrazone groups is 1. The Balaban J connectivity index is 1.86. The highest BCUT2D eigenvalue weighted by atomic mass is 16.5. The Bertz CT molecular complexity index is 995. The van der Waals surface area contributed by atoms with Crippen molar-refractivity contribution in [2.45, 2.75) is 6.92 Å². The third-order valence-electron chi connectivity index (χ3n) is 4.27. The van der Waals surface area contributed by atoms with Crippen LogP contribution in [-0.4, -0.2) is 48.1 Å². The molecule has 3 rings (SSSR count). The minimum Gasteiger partial charge on any atom is -0.493 e. The number of nitrogens with zero attached hydrogens (tertiary/aromatic N) is 2. The first-order chi connectivity index (χ1) is 13.9. The number of carbonyl (C=O) groups excluding carboxylic acids is 1. The molecule has 0 radical (unpaired) electrons. The van der Waals surface area contributed by atoms with E-state index in [0.717, 1.165) is 5.56 Å². The molecule has 1 heterocycles. The van der Waals surface area contributed by atoms with Crippen molar-refractivity contribution in [3.05, 3.63) is 59.2 Å². The van der Waals surface area contributed by atoms with Crippen LogP contribution < -0.4 is 14.5 Å². The van der Waals surface area contributed by atoms with E-state index in [0.29, 0.717) is 28.5 Å². The molecule has 1 aliphatic heterocycles. The maximum absolute atomic E-state index is 12.8. The van der Waals surface area contributed by atoms with Crippen molar-refractivity contribution in [2.75, 3.05) is 25.3 Å². The number of methoxy groups -OCH3 is 1. The molecule has 0 fully saturated rings. The summed E-state index contributed by atoms with van der Waals surface area (Å²) in [5.74, 6) is -0.379. The molecule has 8 nitrogen and oxygen atoms in total. The molecule has 2 N–H and O–H groups in total. The van der Waals surface area contributed by atoms with Crippen molar-refractivity contribution < 1.29 is 29.3 Å². The van der Waals surface area contributed by atoms with E-state index < -0.39 is 5.97 Å². The number of benzene rings is 2. The number of hydrogen-bond acceptors (Lipinski definition) is 6. The molecule has 8 heteroatoms. The minimum absolute atomic E-state index is 0.109. The number of carboxylic acids is 1. The molecular weight excluding hydrogens is 376 g/mol. The van der Waals surface area contributed by atoms with Gasteiger partial charge in [-0.15, -0.1) is 0 Å². The molecule has 2 aromatic rings. The molecule has 0 aliphatic carbocycles. The largest absolute Gasteiger partial charge is 0.493 e. The summed E-state index contributed by atoms with van der Waals surface area (Å²) >= 11 is 0. The number of carboxylic acid groups (broad SMARTS) is 1. The van der Waals surface area contributed by atoms with Crippen LogP contribution in [0.1, 0.15) is 22.8 Å². The fraction of sp³-hybridized carbons (Fsp3) is 0.190. The monoisotopic (exact) mass is 396 g/mol. The number of amides is 1. The average molecular weight is 396 g/mol. The zero-order chi connectivity index (χ0) is 21.0. The summed E-state index contributed by atoms with van der Waals surface area (Å²) in [7, 11) is 1.51. The van der Waals surface area contributed by atoms with E-state index in [9.17, 15) is 9.59 Å². The van der Waals surface area contributed by atoms with Crippen LogP contribution in [0, 0.1) is 0 Å². The van der Waals surface area contributed by atoms with Crippen LogP contribution in [0.4, 0.5) is 5.69 Å². The first-order valence-electron chi connectivity index (χ1n) is 8.81. The van der Waals surface area contributed by atoms with Gasteiger partial charge < -0.3 is 19.7 Å². The van der Waals surface area contributed by atoms with Gasteiger partial charge in [-0.25, -0.2) is 4.79 Å². The van der Waals surface area contributed by atoms with Crippen LogP contribution in [0.2, 0.25) is 0 Å². The maximum Gasteiger partial charge on any atom is 0.335 e. The Labute approximate surface area is 167 Å².